The predicted molar refractivity (Wildman–Crippen MR) is 91.1 cm³/mol. The molecular formula is C18H23N3O4. The normalized spacial score (nSPS) is 22.5. The van der Waals surface area contributed by atoms with E-state index in [1.54, 1.807) is 12.3 Å². The number of hydrogen-bond donors (Lipinski definition) is 0. The van der Waals surface area contributed by atoms with E-state index < -0.39 is 0 Å². The van der Waals surface area contributed by atoms with Crippen LogP contribution in [0.25, 0.3) is 10.9 Å². The highest BCUT2D eigenvalue weighted by molar-refractivity contribution is 5.94. The number of benzene rings is 1. The Balaban J connectivity index is 1.55. The van der Waals surface area contributed by atoms with Crippen molar-refractivity contribution in [1.82, 2.24) is 14.7 Å². The summed E-state index contributed by atoms with van der Waals surface area (Å²) >= 11 is 0. The van der Waals surface area contributed by atoms with Gasteiger partial charge in [0.1, 0.15) is 0 Å². The van der Waals surface area contributed by atoms with Gasteiger partial charge >= 0.3 is 5.97 Å². The number of rotatable bonds is 4. The van der Waals surface area contributed by atoms with Crippen LogP contribution in [0.3, 0.4) is 0 Å². The molecule has 1 aromatic heterocycles. The van der Waals surface area contributed by atoms with Crippen LogP contribution in [0.5, 0.6) is 0 Å². The van der Waals surface area contributed by atoms with Crippen molar-refractivity contribution in [3.63, 3.8) is 0 Å². The molecule has 2 aliphatic rings. The first-order chi connectivity index (χ1) is 12.3. The van der Waals surface area contributed by atoms with Crippen LogP contribution < -0.4 is 0 Å². The van der Waals surface area contributed by atoms with Crippen molar-refractivity contribution in [3.05, 3.63) is 30.0 Å². The van der Waals surface area contributed by atoms with Crippen LogP contribution in [0, 0.1) is 0 Å². The Morgan fingerprint density at radius 3 is 2.96 bits per heavy atom. The standard InChI is InChI=1S/C18H23N3O4/c1-23-17(22)13-5-6-15-14(10-13)11-19-21(15)12-20-7-3-2-4-16(20)18-24-8-9-25-18/h5-6,10-11,16,18H,2-4,7-9,12H2,1H3/t16-/m0/s1. The van der Waals surface area contributed by atoms with Gasteiger partial charge in [0.05, 0.1) is 50.3 Å². The zero-order chi connectivity index (χ0) is 17.2. The molecule has 0 saturated carbocycles. The van der Waals surface area contributed by atoms with Crippen molar-refractivity contribution in [2.75, 3.05) is 26.9 Å². The molecule has 4 rings (SSSR count). The fourth-order valence-electron chi connectivity index (χ4n) is 3.72. The Kier molecular flexibility index (Phi) is 4.70. The van der Waals surface area contributed by atoms with Gasteiger partial charge in [-0.25, -0.2) is 4.79 Å². The van der Waals surface area contributed by atoms with Gasteiger partial charge in [-0.15, -0.1) is 0 Å². The van der Waals surface area contributed by atoms with Crippen LogP contribution in [0.4, 0.5) is 0 Å². The smallest absolute Gasteiger partial charge is 0.337 e. The average molecular weight is 345 g/mol. The number of piperidine rings is 1. The second-order valence-corrected chi connectivity index (χ2v) is 6.54. The number of esters is 1. The minimum absolute atomic E-state index is 0.131. The van der Waals surface area contributed by atoms with E-state index in [-0.39, 0.29) is 18.3 Å². The van der Waals surface area contributed by atoms with Gasteiger partial charge in [-0.2, -0.15) is 5.10 Å². The molecule has 0 bridgehead atoms. The van der Waals surface area contributed by atoms with E-state index in [4.69, 9.17) is 14.2 Å². The first-order valence-corrected chi connectivity index (χ1v) is 8.77. The van der Waals surface area contributed by atoms with E-state index in [9.17, 15) is 4.79 Å². The predicted octanol–water partition coefficient (Wildman–Crippen LogP) is 2.01. The quantitative estimate of drug-likeness (QED) is 0.790. The van der Waals surface area contributed by atoms with Crippen molar-refractivity contribution in [3.8, 4) is 0 Å². The van der Waals surface area contributed by atoms with Gasteiger partial charge in [-0.1, -0.05) is 6.42 Å². The Bertz CT molecular complexity index is 754. The minimum atomic E-state index is -0.332. The maximum atomic E-state index is 11.7. The molecule has 1 aromatic carbocycles. The Hall–Kier alpha value is -1.96. The lowest BCUT2D eigenvalue weighted by atomic mass is 10.0. The second kappa shape index (κ2) is 7.11. The molecule has 7 nitrogen and oxygen atoms in total. The highest BCUT2D eigenvalue weighted by Crippen LogP contribution is 2.26. The van der Waals surface area contributed by atoms with E-state index in [2.05, 4.69) is 10.00 Å². The molecule has 3 heterocycles. The molecule has 2 fully saturated rings. The van der Waals surface area contributed by atoms with E-state index in [1.165, 1.54) is 20.0 Å². The fraction of sp³-hybridized carbons (Fsp3) is 0.556. The molecule has 0 spiro atoms. The van der Waals surface area contributed by atoms with Crippen LogP contribution in [0.1, 0.15) is 29.6 Å². The summed E-state index contributed by atoms with van der Waals surface area (Å²) < 4.78 is 18.2. The third-order valence-electron chi connectivity index (χ3n) is 5.00. The molecule has 0 radical (unpaired) electrons. The lowest BCUT2D eigenvalue weighted by Crippen LogP contribution is -2.47. The van der Waals surface area contributed by atoms with Crippen LogP contribution >= 0.6 is 0 Å². The molecule has 0 N–H and O–H groups in total. The summed E-state index contributed by atoms with van der Waals surface area (Å²) in [4.78, 5) is 14.1. The Morgan fingerprint density at radius 1 is 1.32 bits per heavy atom. The molecule has 0 aliphatic carbocycles. The molecule has 0 unspecified atom stereocenters. The van der Waals surface area contributed by atoms with Gasteiger partial charge in [0.25, 0.3) is 0 Å². The molecule has 7 heteroatoms. The van der Waals surface area contributed by atoms with E-state index >= 15 is 0 Å². The number of hydrogen-bond acceptors (Lipinski definition) is 6. The summed E-state index contributed by atoms with van der Waals surface area (Å²) in [5.74, 6) is -0.332. The topological polar surface area (TPSA) is 65.8 Å². The SMILES string of the molecule is COC(=O)c1ccc2c(cnn2CN2CCCC[C@H]2C2OCCO2)c1. The van der Waals surface area contributed by atoms with E-state index in [1.807, 2.05) is 16.8 Å². The highest BCUT2D eigenvalue weighted by atomic mass is 16.7. The number of likely N-dealkylation sites (tertiary alicyclic amines) is 1. The lowest BCUT2D eigenvalue weighted by Gasteiger charge is -2.37. The monoisotopic (exact) mass is 345 g/mol. The lowest BCUT2D eigenvalue weighted by molar-refractivity contribution is -0.116. The summed E-state index contributed by atoms with van der Waals surface area (Å²) in [6.45, 7) is 3.05. The van der Waals surface area contributed by atoms with E-state index in [0.29, 0.717) is 25.4 Å². The maximum absolute atomic E-state index is 11.7. The summed E-state index contributed by atoms with van der Waals surface area (Å²) in [5.41, 5.74) is 1.54. The third kappa shape index (κ3) is 3.27. The van der Waals surface area contributed by atoms with Gasteiger partial charge in [0.15, 0.2) is 6.29 Å². The number of ether oxygens (including phenoxy) is 3. The van der Waals surface area contributed by atoms with Crippen LogP contribution in [0.15, 0.2) is 24.4 Å². The van der Waals surface area contributed by atoms with Crippen molar-refractivity contribution < 1.29 is 19.0 Å². The third-order valence-corrected chi connectivity index (χ3v) is 5.00. The number of methoxy groups -OCH3 is 1. The zero-order valence-electron chi connectivity index (χ0n) is 14.4. The summed E-state index contributed by atoms with van der Waals surface area (Å²) in [7, 11) is 1.39. The molecule has 2 aliphatic heterocycles. The van der Waals surface area contributed by atoms with Crippen LogP contribution in [0.2, 0.25) is 0 Å². The van der Waals surface area contributed by atoms with Gasteiger partial charge in [0.2, 0.25) is 0 Å². The molecule has 1 atom stereocenters. The number of carbonyl (C=O) groups excluding carboxylic acids is 1. The molecule has 134 valence electrons. The zero-order valence-corrected chi connectivity index (χ0v) is 14.4. The molecule has 25 heavy (non-hydrogen) atoms. The van der Waals surface area contributed by atoms with Gasteiger partial charge in [-0.3, -0.25) is 9.58 Å². The minimum Gasteiger partial charge on any atom is -0.465 e. The first-order valence-electron chi connectivity index (χ1n) is 8.77. The van der Waals surface area contributed by atoms with Crippen LogP contribution in [-0.2, 0) is 20.9 Å². The van der Waals surface area contributed by atoms with Crippen molar-refractivity contribution in [2.24, 2.45) is 0 Å². The summed E-state index contributed by atoms with van der Waals surface area (Å²) in [6.07, 6.45) is 5.12. The second-order valence-electron chi connectivity index (χ2n) is 6.54. The van der Waals surface area contributed by atoms with Crippen molar-refractivity contribution in [2.45, 2.75) is 38.3 Å². The average Bonchev–Trinajstić information content (AvgIpc) is 3.31. The number of nitrogens with zero attached hydrogens (tertiary/aromatic N) is 3. The summed E-state index contributed by atoms with van der Waals surface area (Å²) in [6, 6.07) is 5.80. The maximum Gasteiger partial charge on any atom is 0.337 e. The number of aromatic nitrogens is 2. The number of carbonyl (C=O) groups is 1. The first kappa shape index (κ1) is 16.5. The largest absolute Gasteiger partial charge is 0.465 e. The molecular weight excluding hydrogens is 322 g/mol. The van der Waals surface area contributed by atoms with Crippen molar-refractivity contribution >= 4 is 16.9 Å². The van der Waals surface area contributed by atoms with Crippen LogP contribution in [-0.4, -0.2) is 59.8 Å². The Morgan fingerprint density at radius 2 is 2.16 bits per heavy atom. The van der Waals surface area contributed by atoms with Crippen molar-refractivity contribution in [1.29, 1.82) is 0 Å². The van der Waals surface area contributed by atoms with E-state index in [0.717, 1.165) is 23.9 Å². The van der Waals surface area contributed by atoms with Gasteiger partial charge in [0, 0.05) is 11.9 Å². The molecule has 2 aromatic rings. The molecule has 2 saturated heterocycles. The number of fused-ring (bicyclic) bond motifs is 1. The Labute approximate surface area is 146 Å². The molecule has 0 amide bonds. The highest BCUT2D eigenvalue weighted by Gasteiger charge is 2.34. The fourth-order valence-corrected chi connectivity index (χ4v) is 3.72. The van der Waals surface area contributed by atoms with Gasteiger partial charge in [-0.05, 0) is 31.0 Å². The summed E-state index contributed by atoms with van der Waals surface area (Å²) in [5, 5.41) is 5.45. The van der Waals surface area contributed by atoms with Gasteiger partial charge < -0.3 is 14.2 Å².